The molecule has 1 heterocycles. The van der Waals surface area contributed by atoms with Crippen LogP contribution in [0.3, 0.4) is 0 Å². The molecule has 0 aromatic rings. The van der Waals surface area contributed by atoms with E-state index in [1.807, 2.05) is 0 Å². The Labute approximate surface area is 112 Å². The first-order chi connectivity index (χ1) is 8.42. The Morgan fingerprint density at radius 3 is 2.61 bits per heavy atom. The molecule has 18 heavy (non-hydrogen) atoms. The summed E-state index contributed by atoms with van der Waals surface area (Å²) < 4.78 is 25.6. The van der Waals surface area contributed by atoms with Crippen molar-refractivity contribution >= 4 is 10.0 Å². The highest BCUT2D eigenvalue weighted by atomic mass is 32.2. The maximum atomic E-state index is 12.0. The minimum absolute atomic E-state index is 0.277. The number of rotatable bonds is 7. The van der Waals surface area contributed by atoms with E-state index in [4.69, 9.17) is 0 Å². The molecule has 0 aliphatic carbocycles. The summed E-state index contributed by atoms with van der Waals surface area (Å²) in [6, 6.07) is 0.501. The lowest BCUT2D eigenvalue weighted by atomic mass is 10.0. The molecule has 1 fully saturated rings. The van der Waals surface area contributed by atoms with Crippen LogP contribution in [0.4, 0.5) is 0 Å². The van der Waals surface area contributed by atoms with E-state index < -0.39 is 10.0 Å². The van der Waals surface area contributed by atoms with Gasteiger partial charge in [0.15, 0.2) is 0 Å². The van der Waals surface area contributed by atoms with Gasteiger partial charge in [0.1, 0.15) is 0 Å². The third kappa shape index (κ3) is 5.67. The molecule has 0 radical (unpaired) electrons. The van der Waals surface area contributed by atoms with Crippen molar-refractivity contribution in [3.05, 3.63) is 0 Å². The van der Waals surface area contributed by atoms with Crippen molar-refractivity contribution in [3.8, 4) is 0 Å². The van der Waals surface area contributed by atoms with Crippen molar-refractivity contribution < 1.29 is 8.42 Å². The Morgan fingerprint density at radius 2 is 2.06 bits per heavy atom. The number of nitrogens with zero attached hydrogens (tertiary/aromatic N) is 1. The summed E-state index contributed by atoms with van der Waals surface area (Å²) >= 11 is 0. The molecule has 5 heteroatoms. The molecule has 108 valence electrons. The predicted molar refractivity (Wildman–Crippen MR) is 76.1 cm³/mol. The first kappa shape index (κ1) is 15.9. The summed E-state index contributed by atoms with van der Waals surface area (Å²) in [6.07, 6.45) is 5.37. The summed E-state index contributed by atoms with van der Waals surface area (Å²) in [4.78, 5) is 0. The summed E-state index contributed by atoms with van der Waals surface area (Å²) in [7, 11) is -1.34. The average Bonchev–Trinajstić information content (AvgIpc) is 2.35. The molecule has 1 aliphatic rings. The quantitative estimate of drug-likeness (QED) is 0.772. The second-order valence-corrected chi connectivity index (χ2v) is 7.95. The number of hydrogen-bond donors (Lipinski definition) is 1. The van der Waals surface area contributed by atoms with Crippen LogP contribution < -0.4 is 5.32 Å². The van der Waals surface area contributed by atoms with E-state index in [9.17, 15) is 8.42 Å². The van der Waals surface area contributed by atoms with Gasteiger partial charge in [-0.05, 0) is 38.1 Å². The molecule has 0 saturated carbocycles. The molecule has 4 nitrogen and oxygen atoms in total. The Kier molecular flexibility index (Phi) is 6.60. The molecule has 1 atom stereocenters. The largest absolute Gasteiger partial charge is 0.314 e. The van der Waals surface area contributed by atoms with Crippen LogP contribution in [-0.4, -0.2) is 44.7 Å². The molecule has 1 N–H and O–H groups in total. The first-order valence-electron chi connectivity index (χ1n) is 7.09. The summed E-state index contributed by atoms with van der Waals surface area (Å²) in [5.41, 5.74) is 0. The van der Waals surface area contributed by atoms with E-state index in [0.29, 0.717) is 18.5 Å². The van der Waals surface area contributed by atoms with E-state index in [-0.39, 0.29) is 5.75 Å². The van der Waals surface area contributed by atoms with Crippen LogP contribution in [0.25, 0.3) is 0 Å². The molecule has 0 bridgehead atoms. The van der Waals surface area contributed by atoms with Crippen LogP contribution in [0.1, 0.15) is 46.0 Å². The number of hydrogen-bond acceptors (Lipinski definition) is 3. The van der Waals surface area contributed by atoms with Gasteiger partial charge in [-0.1, -0.05) is 20.3 Å². The molecule has 0 spiro atoms. The zero-order valence-electron chi connectivity index (χ0n) is 12.0. The van der Waals surface area contributed by atoms with E-state index in [0.717, 1.165) is 19.4 Å². The van der Waals surface area contributed by atoms with Crippen molar-refractivity contribution in [2.75, 3.05) is 25.9 Å². The second-order valence-electron chi connectivity index (χ2n) is 5.76. The van der Waals surface area contributed by atoms with Gasteiger partial charge in [0.05, 0.1) is 5.75 Å². The van der Waals surface area contributed by atoms with Crippen LogP contribution in [0.15, 0.2) is 0 Å². The lowest BCUT2D eigenvalue weighted by Crippen LogP contribution is -2.38. The fourth-order valence-electron chi connectivity index (χ4n) is 2.19. The standard InChI is InChI=1S/C13H28N2O2S/c1-12(2)8-11-18(16,17)15(3)10-7-13-6-4-5-9-14-13/h12-14H,4-11H2,1-3H3. The van der Waals surface area contributed by atoms with Crippen LogP contribution in [0.5, 0.6) is 0 Å². The number of nitrogens with one attached hydrogen (secondary N) is 1. The third-order valence-electron chi connectivity index (χ3n) is 3.63. The summed E-state index contributed by atoms with van der Waals surface area (Å²) in [5.74, 6) is 0.715. The molecule has 1 rings (SSSR count). The molecular weight excluding hydrogens is 248 g/mol. The van der Waals surface area contributed by atoms with Gasteiger partial charge in [0, 0.05) is 19.6 Å². The molecule has 1 aliphatic heterocycles. The highest BCUT2D eigenvalue weighted by molar-refractivity contribution is 7.89. The fourth-order valence-corrected chi connectivity index (χ4v) is 3.65. The fraction of sp³-hybridized carbons (Fsp3) is 1.00. The molecule has 0 aromatic heterocycles. The third-order valence-corrected chi connectivity index (χ3v) is 5.52. The molecule has 1 saturated heterocycles. The second kappa shape index (κ2) is 7.46. The minimum Gasteiger partial charge on any atom is -0.314 e. The van der Waals surface area contributed by atoms with Gasteiger partial charge in [-0.3, -0.25) is 0 Å². The van der Waals surface area contributed by atoms with Crippen molar-refractivity contribution in [2.24, 2.45) is 5.92 Å². The summed E-state index contributed by atoms with van der Waals surface area (Å²) in [5, 5.41) is 3.45. The summed E-state index contributed by atoms with van der Waals surface area (Å²) in [6.45, 7) is 5.83. The van der Waals surface area contributed by atoms with Crippen LogP contribution in [0.2, 0.25) is 0 Å². The van der Waals surface area contributed by atoms with Crippen molar-refractivity contribution in [2.45, 2.75) is 52.0 Å². The van der Waals surface area contributed by atoms with Crippen LogP contribution >= 0.6 is 0 Å². The van der Waals surface area contributed by atoms with Gasteiger partial charge in [-0.15, -0.1) is 0 Å². The zero-order chi connectivity index (χ0) is 13.6. The average molecular weight is 276 g/mol. The maximum absolute atomic E-state index is 12.0. The monoisotopic (exact) mass is 276 g/mol. The van der Waals surface area contributed by atoms with Crippen molar-refractivity contribution in [3.63, 3.8) is 0 Å². The van der Waals surface area contributed by atoms with Crippen LogP contribution in [0, 0.1) is 5.92 Å². The normalized spacial score (nSPS) is 21.7. The smallest absolute Gasteiger partial charge is 0.213 e. The van der Waals surface area contributed by atoms with E-state index in [1.54, 1.807) is 7.05 Å². The number of sulfonamides is 1. The number of piperidine rings is 1. The van der Waals surface area contributed by atoms with Gasteiger partial charge in [0.25, 0.3) is 0 Å². The van der Waals surface area contributed by atoms with Gasteiger partial charge >= 0.3 is 0 Å². The highest BCUT2D eigenvalue weighted by Gasteiger charge is 2.20. The molecule has 0 aromatic carbocycles. The van der Waals surface area contributed by atoms with Gasteiger partial charge in [-0.25, -0.2) is 12.7 Å². The van der Waals surface area contributed by atoms with Gasteiger partial charge in [-0.2, -0.15) is 0 Å². The van der Waals surface area contributed by atoms with E-state index >= 15 is 0 Å². The maximum Gasteiger partial charge on any atom is 0.213 e. The molecule has 0 amide bonds. The highest BCUT2D eigenvalue weighted by Crippen LogP contribution is 2.12. The van der Waals surface area contributed by atoms with E-state index in [1.165, 1.54) is 23.6 Å². The Morgan fingerprint density at radius 1 is 1.33 bits per heavy atom. The predicted octanol–water partition coefficient (Wildman–Crippen LogP) is 1.83. The Balaban J connectivity index is 2.31. The van der Waals surface area contributed by atoms with Crippen molar-refractivity contribution in [1.82, 2.24) is 9.62 Å². The molecule has 1 unspecified atom stereocenters. The Hall–Kier alpha value is -0.130. The minimum atomic E-state index is -3.05. The first-order valence-corrected chi connectivity index (χ1v) is 8.70. The van der Waals surface area contributed by atoms with Crippen molar-refractivity contribution in [1.29, 1.82) is 0 Å². The zero-order valence-corrected chi connectivity index (χ0v) is 12.8. The molecular formula is C13H28N2O2S. The Bertz CT molecular complexity index is 322. The topological polar surface area (TPSA) is 49.4 Å². The van der Waals surface area contributed by atoms with Gasteiger partial charge < -0.3 is 5.32 Å². The van der Waals surface area contributed by atoms with Gasteiger partial charge in [0.2, 0.25) is 10.0 Å². The lowest BCUT2D eigenvalue weighted by molar-refractivity contribution is 0.351. The van der Waals surface area contributed by atoms with Crippen LogP contribution in [-0.2, 0) is 10.0 Å². The SMILES string of the molecule is CC(C)CCS(=O)(=O)N(C)CCC1CCCCN1. The van der Waals surface area contributed by atoms with E-state index in [2.05, 4.69) is 19.2 Å². The lowest BCUT2D eigenvalue weighted by Gasteiger charge is -2.25.